The highest BCUT2D eigenvalue weighted by atomic mass is 19.1. The monoisotopic (exact) mass is 388 g/mol. The smallest absolute Gasteiger partial charge is 0.306 e. The van der Waals surface area contributed by atoms with Crippen molar-refractivity contribution in [3.8, 4) is 5.75 Å². The Hall–Kier alpha value is -3.42. The zero-order valence-corrected chi connectivity index (χ0v) is 15.4. The number of para-hydroxylation sites is 2. The highest BCUT2D eigenvalue weighted by Gasteiger charge is 2.11. The van der Waals surface area contributed by atoms with Crippen LogP contribution in [0.5, 0.6) is 5.75 Å². The minimum absolute atomic E-state index is 0.00315. The molecule has 0 heterocycles. The van der Waals surface area contributed by atoms with Gasteiger partial charge in [-0.05, 0) is 42.8 Å². The molecule has 148 valence electrons. The van der Waals surface area contributed by atoms with Gasteiger partial charge >= 0.3 is 5.97 Å². The van der Waals surface area contributed by atoms with Gasteiger partial charge in [0.2, 0.25) is 5.91 Å². The average Bonchev–Trinajstić information content (AvgIpc) is 2.68. The Morgan fingerprint density at radius 1 is 0.929 bits per heavy atom. The lowest BCUT2D eigenvalue weighted by atomic mass is 10.2. The Balaban J connectivity index is 1.64. The van der Waals surface area contributed by atoms with Crippen molar-refractivity contribution in [1.29, 1.82) is 0 Å². The van der Waals surface area contributed by atoms with Crippen LogP contribution < -0.4 is 15.4 Å². The van der Waals surface area contributed by atoms with Crippen LogP contribution >= 0.6 is 0 Å². The van der Waals surface area contributed by atoms with E-state index in [2.05, 4.69) is 10.6 Å². The molecule has 0 fully saturated rings. The minimum Gasteiger partial charge on any atom is -0.495 e. The first kappa shape index (κ1) is 20.9. The third kappa shape index (κ3) is 7.06. The quantitative estimate of drug-likeness (QED) is 0.644. The largest absolute Gasteiger partial charge is 0.495 e. The van der Waals surface area contributed by atoms with E-state index in [4.69, 9.17) is 9.47 Å². The third-order valence-corrected chi connectivity index (χ3v) is 3.66. The molecule has 0 aromatic heterocycles. The number of anilines is 2. The van der Waals surface area contributed by atoms with Crippen LogP contribution in [0.1, 0.15) is 19.3 Å². The van der Waals surface area contributed by atoms with E-state index in [0.29, 0.717) is 17.1 Å². The molecule has 28 heavy (non-hydrogen) atoms. The molecule has 7 nitrogen and oxygen atoms in total. The fraction of sp³-hybridized carbons (Fsp3) is 0.250. The first-order chi connectivity index (χ1) is 13.5. The summed E-state index contributed by atoms with van der Waals surface area (Å²) in [6.07, 6.45) is 0.400. The summed E-state index contributed by atoms with van der Waals surface area (Å²) in [5, 5.41) is 5.19. The van der Waals surface area contributed by atoms with Gasteiger partial charge in [-0.15, -0.1) is 0 Å². The number of carbonyl (C=O) groups is 3. The Bertz CT molecular complexity index is 824. The predicted octanol–water partition coefficient (Wildman–Crippen LogP) is 3.13. The summed E-state index contributed by atoms with van der Waals surface area (Å²) in [5.74, 6) is -1.25. The number of rotatable bonds is 9. The maximum absolute atomic E-state index is 12.8. The topological polar surface area (TPSA) is 93.7 Å². The van der Waals surface area contributed by atoms with Gasteiger partial charge < -0.3 is 20.1 Å². The zero-order valence-electron chi connectivity index (χ0n) is 15.4. The van der Waals surface area contributed by atoms with Gasteiger partial charge in [0.1, 0.15) is 11.6 Å². The number of halogens is 1. The number of ether oxygens (including phenoxy) is 2. The normalized spacial score (nSPS) is 10.1. The van der Waals surface area contributed by atoms with Crippen molar-refractivity contribution >= 4 is 29.2 Å². The van der Waals surface area contributed by atoms with Crippen molar-refractivity contribution in [2.45, 2.75) is 19.3 Å². The molecule has 0 aliphatic carbocycles. The molecule has 0 radical (unpaired) electrons. The van der Waals surface area contributed by atoms with Gasteiger partial charge in [0.15, 0.2) is 6.61 Å². The van der Waals surface area contributed by atoms with Gasteiger partial charge in [-0.25, -0.2) is 4.39 Å². The summed E-state index contributed by atoms with van der Waals surface area (Å²) in [6.45, 7) is -0.455. The molecule has 0 aliphatic heterocycles. The average molecular weight is 388 g/mol. The summed E-state index contributed by atoms with van der Waals surface area (Å²) in [6, 6.07) is 12.2. The molecule has 0 saturated carbocycles. The van der Waals surface area contributed by atoms with Crippen molar-refractivity contribution in [3.05, 3.63) is 54.3 Å². The van der Waals surface area contributed by atoms with Crippen LogP contribution in [0, 0.1) is 5.82 Å². The molecule has 0 spiro atoms. The van der Waals surface area contributed by atoms with Crippen LogP contribution in [0.15, 0.2) is 48.5 Å². The maximum atomic E-state index is 12.8. The highest BCUT2D eigenvalue weighted by molar-refractivity contribution is 5.93. The molecular formula is C20H21FN2O5. The second-order valence-corrected chi connectivity index (χ2v) is 5.82. The third-order valence-electron chi connectivity index (χ3n) is 3.66. The van der Waals surface area contributed by atoms with Crippen LogP contribution in [0.3, 0.4) is 0 Å². The molecule has 2 aromatic rings. The number of carbonyl (C=O) groups excluding carboxylic acids is 3. The molecule has 2 aromatic carbocycles. The Labute approximate surface area is 161 Å². The SMILES string of the molecule is COc1ccccc1NC(=O)CCCC(=O)OCC(=O)Nc1ccc(F)cc1. The van der Waals surface area contributed by atoms with Crippen molar-refractivity contribution in [2.75, 3.05) is 24.4 Å². The van der Waals surface area contributed by atoms with Gasteiger partial charge in [-0.3, -0.25) is 14.4 Å². The standard InChI is InChI=1S/C20H21FN2O5/c1-27-17-6-3-2-5-16(17)23-18(24)7-4-8-20(26)28-13-19(25)22-15-11-9-14(21)10-12-15/h2-3,5-6,9-12H,4,7-8,13H2,1H3,(H,22,25)(H,23,24). The van der Waals surface area contributed by atoms with Crippen LogP contribution in [-0.4, -0.2) is 31.5 Å². The van der Waals surface area contributed by atoms with E-state index >= 15 is 0 Å². The molecule has 2 rings (SSSR count). The Kier molecular flexibility index (Phi) is 7.95. The fourth-order valence-corrected chi connectivity index (χ4v) is 2.30. The fourth-order valence-electron chi connectivity index (χ4n) is 2.30. The molecule has 0 atom stereocenters. The molecule has 2 amide bonds. The number of nitrogens with one attached hydrogen (secondary N) is 2. The number of hydrogen-bond donors (Lipinski definition) is 2. The second kappa shape index (κ2) is 10.7. The first-order valence-corrected chi connectivity index (χ1v) is 8.62. The van der Waals surface area contributed by atoms with E-state index in [1.165, 1.54) is 31.4 Å². The Morgan fingerprint density at radius 3 is 2.36 bits per heavy atom. The van der Waals surface area contributed by atoms with Crippen LogP contribution in [0.2, 0.25) is 0 Å². The summed E-state index contributed by atoms with van der Waals surface area (Å²) >= 11 is 0. The number of hydrogen-bond acceptors (Lipinski definition) is 5. The van der Waals surface area contributed by atoms with E-state index in [0.717, 1.165) is 0 Å². The van der Waals surface area contributed by atoms with Gasteiger partial charge in [-0.2, -0.15) is 0 Å². The van der Waals surface area contributed by atoms with Gasteiger partial charge in [-0.1, -0.05) is 12.1 Å². The molecule has 0 unspecified atom stereocenters. The van der Waals surface area contributed by atoms with Gasteiger partial charge in [0.25, 0.3) is 5.91 Å². The summed E-state index contributed by atoms with van der Waals surface area (Å²) in [5.41, 5.74) is 0.950. The van der Waals surface area contributed by atoms with Crippen molar-refractivity contribution in [1.82, 2.24) is 0 Å². The summed E-state index contributed by atoms with van der Waals surface area (Å²) in [7, 11) is 1.51. The molecule has 0 saturated heterocycles. The predicted molar refractivity (Wildman–Crippen MR) is 101 cm³/mol. The zero-order chi connectivity index (χ0) is 20.4. The van der Waals surface area contributed by atoms with Crippen LogP contribution in [0.25, 0.3) is 0 Å². The molecule has 2 N–H and O–H groups in total. The number of amides is 2. The van der Waals surface area contributed by atoms with Crippen molar-refractivity contribution in [2.24, 2.45) is 0 Å². The molecule has 8 heteroatoms. The number of methoxy groups -OCH3 is 1. The number of benzene rings is 2. The molecule has 0 bridgehead atoms. The van der Waals surface area contributed by atoms with Crippen molar-refractivity contribution < 1.29 is 28.2 Å². The highest BCUT2D eigenvalue weighted by Crippen LogP contribution is 2.23. The Morgan fingerprint density at radius 2 is 1.64 bits per heavy atom. The number of esters is 1. The van der Waals surface area contributed by atoms with Crippen molar-refractivity contribution in [3.63, 3.8) is 0 Å². The second-order valence-electron chi connectivity index (χ2n) is 5.82. The molecule has 0 aliphatic rings. The lowest BCUT2D eigenvalue weighted by Gasteiger charge is -2.09. The van der Waals surface area contributed by atoms with E-state index in [1.54, 1.807) is 24.3 Å². The van der Waals surface area contributed by atoms with Crippen LogP contribution in [-0.2, 0) is 19.1 Å². The van der Waals surface area contributed by atoms with E-state index in [1.807, 2.05) is 0 Å². The van der Waals surface area contributed by atoms with Crippen LogP contribution in [0.4, 0.5) is 15.8 Å². The van der Waals surface area contributed by atoms with Gasteiger partial charge in [0.05, 0.1) is 12.8 Å². The lowest BCUT2D eigenvalue weighted by molar-refractivity contribution is -0.147. The summed E-state index contributed by atoms with van der Waals surface area (Å²) < 4.78 is 22.8. The van der Waals surface area contributed by atoms with Gasteiger partial charge in [0, 0.05) is 18.5 Å². The lowest BCUT2D eigenvalue weighted by Crippen LogP contribution is -2.21. The summed E-state index contributed by atoms with van der Waals surface area (Å²) in [4.78, 5) is 35.3. The molecular weight excluding hydrogens is 367 g/mol. The van der Waals surface area contributed by atoms with E-state index < -0.39 is 24.3 Å². The minimum atomic E-state index is -0.584. The van der Waals surface area contributed by atoms with E-state index in [-0.39, 0.29) is 25.2 Å². The maximum Gasteiger partial charge on any atom is 0.306 e. The first-order valence-electron chi connectivity index (χ1n) is 8.62. The van der Waals surface area contributed by atoms with E-state index in [9.17, 15) is 18.8 Å².